The standard InChI is InChI=1S/C17H23N3OS/c1-14(15-4-3-5-16(10-15)21-2)20-8-6-19(7-9-20)12-17-11-18-13-22-17/h3-5,10-11,13-14H,6-9,12H2,1-2H3/t14-/m0/s1. The number of ether oxygens (including phenoxy) is 1. The molecule has 0 N–H and O–H groups in total. The minimum Gasteiger partial charge on any atom is -0.497 e. The third-order valence-corrected chi connectivity index (χ3v) is 5.16. The van der Waals surface area contributed by atoms with Gasteiger partial charge in [-0.05, 0) is 24.6 Å². The van der Waals surface area contributed by atoms with Crippen LogP contribution in [-0.4, -0.2) is 48.1 Å². The van der Waals surface area contributed by atoms with Crippen molar-refractivity contribution in [3.63, 3.8) is 0 Å². The molecule has 1 fully saturated rings. The van der Waals surface area contributed by atoms with Crippen molar-refractivity contribution in [3.05, 3.63) is 46.4 Å². The highest BCUT2D eigenvalue weighted by Crippen LogP contribution is 2.25. The van der Waals surface area contributed by atoms with Crippen LogP contribution in [0.3, 0.4) is 0 Å². The van der Waals surface area contributed by atoms with Gasteiger partial charge in [-0.15, -0.1) is 11.3 Å². The van der Waals surface area contributed by atoms with Gasteiger partial charge in [-0.25, -0.2) is 0 Å². The number of nitrogens with zero attached hydrogens (tertiary/aromatic N) is 3. The second-order valence-corrected chi connectivity index (χ2v) is 6.70. The molecule has 5 heteroatoms. The molecule has 1 saturated heterocycles. The maximum absolute atomic E-state index is 5.34. The number of benzene rings is 1. The summed E-state index contributed by atoms with van der Waals surface area (Å²) in [4.78, 5) is 10.6. The number of hydrogen-bond donors (Lipinski definition) is 0. The van der Waals surface area contributed by atoms with Gasteiger partial charge in [-0.2, -0.15) is 0 Å². The van der Waals surface area contributed by atoms with E-state index in [0.29, 0.717) is 6.04 Å². The molecule has 118 valence electrons. The Morgan fingerprint density at radius 3 is 2.77 bits per heavy atom. The van der Waals surface area contributed by atoms with Crippen LogP contribution in [0.1, 0.15) is 23.4 Å². The predicted octanol–water partition coefficient (Wildman–Crippen LogP) is 3.03. The van der Waals surface area contributed by atoms with Crippen LogP contribution in [0.2, 0.25) is 0 Å². The zero-order chi connectivity index (χ0) is 15.4. The van der Waals surface area contributed by atoms with Crippen LogP contribution in [0.4, 0.5) is 0 Å². The Bertz CT molecular complexity index is 579. The highest BCUT2D eigenvalue weighted by Gasteiger charge is 2.22. The topological polar surface area (TPSA) is 28.6 Å². The molecule has 1 aromatic carbocycles. The third kappa shape index (κ3) is 3.66. The number of rotatable bonds is 5. The van der Waals surface area contributed by atoms with Crippen molar-refractivity contribution in [3.8, 4) is 5.75 Å². The number of methoxy groups -OCH3 is 1. The van der Waals surface area contributed by atoms with Gasteiger partial charge in [0.15, 0.2) is 0 Å². The molecule has 0 bridgehead atoms. The van der Waals surface area contributed by atoms with E-state index < -0.39 is 0 Å². The Morgan fingerprint density at radius 2 is 2.09 bits per heavy atom. The second kappa shape index (κ2) is 7.22. The van der Waals surface area contributed by atoms with Crippen LogP contribution < -0.4 is 4.74 Å². The van der Waals surface area contributed by atoms with Gasteiger partial charge < -0.3 is 4.74 Å². The quantitative estimate of drug-likeness (QED) is 0.847. The van der Waals surface area contributed by atoms with E-state index in [0.717, 1.165) is 38.5 Å². The first-order chi connectivity index (χ1) is 10.8. The highest BCUT2D eigenvalue weighted by molar-refractivity contribution is 7.09. The van der Waals surface area contributed by atoms with E-state index in [1.807, 2.05) is 17.8 Å². The van der Waals surface area contributed by atoms with Gasteiger partial charge in [0.05, 0.1) is 12.6 Å². The van der Waals surface area contributed by atoms with Gasteiger partial charge in [0, 0.05) is 49.8 Å². The van der Waals surface area contributed by atoms with Crippen LogP contribution in [0.15, 0.2) is 36.0 Å². The molecule has 3 rings (SSSR count). The summed E-state index contributed by atoms with van der Waals surface area (Å²) in [6.07, 6.45) is 1.98. The summed E-state index contributed by atoms with van der Waals surface area (Å²) in [5.41, 5.74) is 3.24. The number of thiazole rings is 1. The van der Waals surface area contributed by atoms with Crippen LogP contribution in [0.25, 0.3) is 0 Å². The van der Waals surface area contributed by atoms with Crippen molar-refractivity contribution in [2.45, 2.75) is 19.5 Å². The van der Waals surface area contributed by atoms with Gasteiger partial charge in [0.1, 0.15) is 5.75 Å². The van der Waals surface area contributed by atoms with Crippen molar-refractivity contribution in [1.29, 1.82) is 0 Å². The summed E-state index contributed by atoms with van der Waals surface area (Å²) in [5.74, 6) is 0.938. The number of piperazine rings is 1. The Labute approximate surface area is 136 Å². The van der Waals surface area contributed by atoms with Crippen LogP contribution in [-0.2, 0) is 6.54 Å². The highest BCUT2D eigenvalue weighted by atomic mass is 32.1. The lowest BCUT2D eigenvalue weighted by Gasteiger charge is -2.38. The fourth-order valence-electron chi connectivity index (χ4n) is 2.96. The Morgan fingerprint density at radius 1 is 1.27 bits per heavy atom. The molecule has 0 radical (unpaired) electrons. The molecule has 0 spiro atoms. The van der Waals surface area contributed by atoms with Crippen molar-refractivity contribution < 1.29 is 4.74 Å². The first-order valence-corrected chi connectivity index (χ1v) is 8.62. The largest absolute Gasteiger partial charge is 0.497 e. The monoisotopic (exact) mass is 317 g/mol. The molecule has 1 atom stereocenters. The lowest BCUT2D eigenvalue weighted by Crippen LogP contribution is -2.46. The van der Waals surface area contributed by atoms with Gasteiger partial charge in [-0.1, -0.05) is 12.1 Å². The molecular formula is C17H23N3OS. The van der Waals surface area contributed by atoms with Gasteiger partial charge in [0.2, 0.25) is 0 Å². The van der Waals surface area contributed by atoms with Crippen molar-refractivity contribution in [2.24, 2.45) is 0 Å². The molecular weight excluding hydrogens is 294 g/mol. The van der Waals surface area contributed by atoms with E-state index in [2.05, 4.69) is 39.9 Å². The summed E-state index contributed by atoms with van der Waals surface area (Å²) >= 11 is 1.74. The lowest BCUT2D eigenvalue weighted by molar-refractivity contribution is 0.0984. The van der Waals surface area contributed by atoms with E-state index in [4.69, 9.17) is 4.74 Å². The average Bonchev–Trinajstić information content (AvgIpc) is 3.08. The first kappa shape index (κ1) is 15.5. The zero-order valence-corrected chi connectivity index (χ0v) is 14.1. The minimum absolute atomic E-state index is 0.431. The molecule has 1 aliphatic heterocycles. The second-order valence-electron chi connectivity index (χ2n) is 5.73. The van der Waals surface area contributed by atoms with Crippen molar-refractivity contribution in [2.75, 3.05) is 33.3 Å². The molecule has 0 saturated carbocycles. The zero-order valence-electron chi connectivity index (χ0n) is 13.2. The molecule has 0 aliphatic carbocycles. The van der Waals surface area contributed by atoms with Crippen LogP contribution in [0.5, 0.6) is 5.75 Å². The summed E-state index contributed by atoms with van der Waals surface area (Å²) in [6.45, 7) is 7.77. The van der Waals surface area contributed by atoms with Gasteiger partial charge in [0.25, 0.3) is 0 Å². The van der Waals surface area contributed by atoms with Crippen molar-refractivity contribution in [1.82, 2.24) is 14.8 Å². The number of aromatic nitrogens is 1. The summed E-state index contributed by atoms with van der Waals surface area (Å²) in [6, 6.07) is 8.85. The summed E-state index contributed by atoms with van der Waals surface area (Å²) in [5, 5.41) is 0. The average molecular weight is 317 g/mol. The Kier molecular flexibility index (Phi) is 5.08. The molecule has 1 aromatic heterocycles. The molecule has 1 aliphatic rings. The van der Waals surface area contributed by atoms with E-state index in [9.17, 15) is 0 Å². The molecule has 2 heterocycles. The van der Waals surface area contributed by atoms with Crippen molar-refractivity contribution >= 4 is 11.3 Å². The Hall–Kier alpha value is -1.43. The van der Waals surface area contributed by atoms with Crippen LogP contribution in [0, 0.1) is 0 Å². The molecule has 2 aromatic rings. The molecule has 0 amide bonds. The summed E-state index contributed by atoms with van der Waals surface area (Å²) < 4.78 is 5.34. The maximum atomic E-state index is 5.34. The third-order valence-electron chi connectivity index (χ3n) is 4.39. The minimum atomic E-state index is 0.431. The summed E-state index contributed by atoms with van der Waals surface area (Å²) in [7, 11) is 1.72. The molecule has 22 heavy (non-hydrogen) atoms. The SMILES string of the molecule is COc1cccc([C@H](C)N2CCN(Cc3cncs3)CC2)c1. The van der Waals surface area contributed by atoms with E-state index >= 15 is 0 Å². The maximum Gasteiger partial charge on any atom is 0.119 e. The number of hydrogen-bond acceptors (Lipinski definition) is 5. The van der Waals surface area contributed by atoms with E-state index in [-0.39, 0.29) is 0 Å². The first-order valence-electron chi connectivity index (χ1n) is 7.74. The smallest absolute Gasteiger partial charge is 0.119 e. The Balaban J connectivity index is 1.56. The molecule has 4 nitrogen and oxygen atoms in total. The van der Waals surface area contributed by atoms with Gasteiger partial charge >= 0.3 is 0 Å². The van der Waals surface area contributed by atoms with E-state index in [1.54, 1.807) is 18.4 Å². The normalized spacial score (nSPS) is 18.3. The predicted molar refractivity (Wildman–Crippen MR) is 90.4 cm³/mol. The van der Waals surface area contributed by atoms with Crippen LogP contribution >= 0.6 is 11.3 Å². The van der Waals surface area contributed by atoms with E-state index in [1.165, 1.54) is 10.4 Å². The fourth-order valence-corrected chi connectivity index (χ4v) is 3.60. The molecule has 0 unspecified atom stereocenters. The van der Waals surface area contributed by atoms with Gasteiger partial charge in [-0.3, -0.25) is 14.8 Å². The fraction of sp³-hybridized carbons (Fsp3) is 0.471. The lowest BCUT2D eigenvalue weighted by atomic mass is 10.1.